The van der Waals surface area contributed by atoms with E-state index in [0.29, 0.717) is 0 Å². The van der Waals surface area contributed by atoms with Crippen LogP contribution in [0.3, 0.4) is 0 Å². The van der Waals surface area contributed by atoms with Gasteiger partial charge in [0.25, 0.3) is 11.4 Å². The van der Waals surface area contributed by atoms with E-state index in [1.54, 1.807) is 0 Å². The van der Waals surface area contributed by atoms with Crippen molar-refractivity contribution in [2.24, 2.45) is 0 Å². The number of hydrogen-bond acceptors (Lipinski definition) is 11. The van der Waals surface area contributed by atoms with Gasteiger partial charge in [-0.05, 0) is 0 Å². The van der Waals surface area contributed by atoms with Gasteiger partial charge in [0.05, 0.1) is 56.1 Å². The van der Waals surface area contributed by atoms with Crippen LogP contribution >= 0.6 is 0 Å². The van der Waals surface area contributed by atoms with E-state index in [4.69, 9.17) is 19.3 Å². The Balaban J connectivity index is 2.21. The highest BCUT2D eigenvalue weighted by Crippen LogP contribution is 2.25. The van der Waals surface area contributed by atoms with Gasteiger partial charge in [-0.1, -0.05) is 24.3 Å². The van der Waals surface area contributed by atoms with Gasteiger partial charge < -0.3 is 24.4 Å². The van der Waals surface area contributed by atoms with Crippen molar-refractivity contribution in [3.05, 3.63) is 79.9 Å². The summed E-state index contributed by atoms with van der Waals surface area (Å²) in [7, 11) is 0. The molecule has 0 amide bonds. The van der Waals surface area contributed by atoms with Crippen LogP contribution in [0.4, 0.5) is 11.4 Å². The summed E-state index contributed by atoms with van der Waals surface area (Å²) in [5.41, 5.74) is -4.32. The molecule has 0 aromatic heterocycles. The number of nitro benzene ring substituents is 2. The normalized spacial score (nSPS) is 11.3. The maximum atomic E-state index is 13.2. The number of benzene rings is 2. The Labute approximate surface area is 199 Å². The molecule has 0 aliphatic carbocycles. The van der Waals surface area contributed by atoms with E-state index < -0.39 is 45.0 Å². The number of Topliss-reactive ketones (excluding diaryl/α,β-unsaturated/α-hetero) is 2. The summed E-state index contributed by atoms with van der Waals surface area (Å²) in [6.07, 6.45) is 0. The summed E-state index contributed by atoms with van der Waals surface area (Å²) in [6.45, 7) is -0.499. The van der Waals surface area contributed by atoms with Gasteiger partial charge in [0.2, 0.25) is 17.2 Å². The standard InChI is InChI=1S/C22H24N2O11/c25-7-8-33-9-10-34-11-12-35-15-22(28,20(26)16-3-1-5-18(13-16)23(29)30)21(27)17-4-2-6-19(14-17)24(31)32/h1-6,13-14,25,28H,7-12,15H2. The fourth-order valence-corrected chi connectivity index (χ4v) is 2.96. The number of carbonyl (C=O) groups is 2. The largest absolute Gasteiger partial charge is 0.394 e. The summed E-state index contributed by atoms with van der Waals surface area (Å²) in [5.74, 6) is -2.34. The first-order chi connectivity index (χ1) is 16.7. The predicted molar refractivity (Wildman–Crippen MR) is 119 cm³/mol. The smallest absolute Gasteiger partial charge is 0.270 e. The van der Waals surface area contributed by atoms with Crippen LogP contribution in [0.5, 0.6) is 0 Å². The molecule has 188 valence electrons. The van der Waals surface area contributed by atoms with Gasteiger partial charge in [-0.3, -0.25) is 29.8 Å². The number of hydrogen-bond donors (Lipinski definition) is 2. The van der Waals surface area contributed by atoms with Gasteiger partial charge in [-0.25, -0.2) is 0 Å². The third-order valence-corrected chi connectivity index (χ3v) is 4.68. The van der Waals surface area contributed by atoms with E-state index in [9.17, 15) is 34.9 Å². The minimum atomic E-state index is -2.82. The quantitative estimate of drug-likeness (QED) is 0.113. The zero-order valence-corrected chi connectivity index (χ0v) is 18.5. The lowest BCUT2D eigenvalue weighted by molar-refractivity contribution is -0.385. The molecule has 0 radical (unpaired) electrons. The van der Waals surface area contributed by atoms with Crippen LogP contribution in [0.15, 0.2) is 48.5 Å². The summed E-state index contributed by atoms with van der Waals surface area (Å²) in [5, 5.41) is 41.9. The second kappa shape index (κ2) is 13.3. The first kappa shape index (κ1) is 27.6. The van der Waals surface area contributed by atoms with E-state index in [0.717, 1.165) is 24.3 Å². The zero-order valence-electron chi connectivity index (χ0n) is 18.5. The van der Waals surface area contributed by atoms with Crippen molar-refractivity contribution in [1.29, 1.82) is 0 Å². The first-order valence-electron chi connectivity index (χ1n) is 10.4. The molecule has 13 nitrogen and oxygen atoms in total. The van der Waals surface area contributed by atoms with Gasteiger partial charge in [-0.15, -0.1) is 0 Å². The third-order valence-electron chi connectivity index (χ3n) is 4.68. The van der Waals surface area contributed by atoms with Gasteiger partial charge in [-0.2, -0.15) is 0 Å². The highest BCUT2D eigenvalue weighted by molar-refractivity contribution is 6.22. The number of ketones is 2. The Morgan fingerprint density at radius 1 is 0.771 bits per heavy atom. The summed E-state index contributed by atoms with van der Waals surface area (Å²) in [4.78, 5) is 47.0. The van der Waals surface area contributed by atoms with Crippen LogP contribution in [-0.4, -0.2) is 83.5 Å². The number of nitro groups is 2. The molecule has 0 saturated heterocycles. The van der Waals surface area contributed by atoms with Crippen molar-refractivity contribution in [1.82, 2.24) is 0 Å². The first-order valence-corrected chi connectivity index (χ1v) is 10.4. The number of carbonyl (C=O) groups excluding carboxylic acids is 2. The molecule has 0 fully saturated rings. The number of ether oxygens (including phenoxy) is 3. The molecule has 0 saturated carbocycles. The zero-order chi connectivity index (χ0) is 25.8. The van der Waals surface area contributed by atoms with Crippen molar-refractivity contribution in [2.75, 3.05) is 46.2 Å². The van der Waals surface area contributed by atoms with Crippen molar-refractivity contribution < 1.29 is 43.9 Å². The minimum Gasteiger partial charge on any atom is -0.394 e. The van der Waals surface area contributed by atoms with Crippen LogP contribution < -0.4 is 0 Å². The Morgan fingerprint density at radius 3 is 1.63 bits per heavy atom. The molecule has 2 rings (SSSR count). The number of aliphatic hydroxyl groups is 2. The van der Waals surface area contributed by atoms with E-state index >= 15 is 0 Å². The van der Waals surface area contributed by atoms with E-state index in [1.807, 2.05) is 0 Å². The molecule has 0 aliphatic heterocycles. The lowest BCUT2D eigenvalue weighted by Gasteiger charge is -2.25. The highest BCUT2D eigenvalue weighted by atomic mass is 16.6. The predicted octanol–water partition coefficient (Wildman–Crippen LogP) is 1.34. The molecule has 0 heterocycles. The van der Waals surface area contributed by atoms with Gasteiger partial charge in [0.15, 0.2) is 0 Å². The van der Waals surface area contributed by atoms with Crippen LogP contribution in [0.2, 0.25) is 0 Å². The molecule has 0 spiro atoms. The summed E-state index contributed by atoms with van der Waals surface area (Å²) < 4.78 is 15.6. The average Bonchev–Trinajstić information content (AvgIpc) is 2.86. The Morgan fingerprint density at radius 2 is 1.20 bits per heavy atom. The monoisotopic (exact) mass is 492 g/mol. The van der Waals surface area contributed by atoms with Crippen LogP contribution in [0.25, 0.3) is 0 Å². The Kier molecular flexibility index (Phi) is 10.5. The van der Waals surface area contributed by atoms with Gasteiger partial charge in [0.1, 0.15) is 0 Å². The third kappa shape index (κ3) is 7.70. The molecular weight excluding hydrogens is 468 g/mol. The molecule has 13 heteroatoms. The molecule has 0 aliphatic rings. The highest BCUT2D eigenvalue weighted by Gasteiger charge is 2.45. The van der Waals surface area contributed by atoms with Crippen LogP contribution in [0.1, 0.15) is 20.7 Å². The summed E-state index contributed by atoms with van der Waals surface area (Å²) >= 11 is 0. The maximum absolute atomic E-state index is 13.2. The van der Waals surface area contributed by atoms with Gasteiger partial charge >= 0.3 is 0 Å². The second-order valence-electron chi connectivity index (χ2n) is 7.13. The number of aliphatic hydroxyl groups excluding tert-OH is 1. The number of non-ortho nitro benzene ring substituents is 2. The summed E-state index contributed by atoms with van der Waals surface area (Å²) in [6, 6.07) is 8.90. The number of rotatable bonds is 16. The molecule has 2 N–H and O–H groups in total. The SMILES string of the molecule is O=C(c1cccc([N+](=O)[O-])c1)C(O)(COCCOCCOCCO)C(=O)c1cccc([N+](=O)[O-])c1. The fraction of sp³-hybridized carbons (Fsp3) is 0.364. The molecule has 0 bridgehead atoms. The van der Waals surface area contributed by atoms with Crippen molar-refractivity contribution in [3.63, 3.8) is 0 Å². The van der Waals surface area contributed by atoms with Crippen molar-refractivity contribution in [3.8, 4) is 0 Å². The van der Waals surface area contributed by atoms with Crippen molar-refractivity contribution >= 4 is 22.9 Å². The Bertz CT molecular complexity index is 988. The molecule has 2 aromatic rings. The van der Waals surface area contributed by atoms with Crippen LogP contribution in [0, 0.1) is 20.2 Å². The topological polar surface area (TPSA) is 189 Å². The minimum absolute atomic E-state index is 0.0224. The maximum Gasteiger partial charge on any atom is 0.270 e. The molecule has 35 heavy (non-hydrogen) atoms. The van der Waals surface area contributed by atoms with E-state index in [1.165, 1.54) is 24.3 Å². The molecule has 2 aromatic carbocycles. The Hall–Kier alpha value is -3.62. The lowest BCUT2D eigenvalue weighted by atomic mass is 9.85. The lowest BCUT2D eigenvalue weighted by Crippen LogP contribution is -2.51. The second-order valence-corrected chi connectivity index (χ2v) is 7.13. The molecule has 0 atom stereocenters. The van der Waals surface area contributed by atoms with E-state index in [-0.39, 0.29) is 50.8 Å². The van der Waals surface area contributed by atoms with Crippen LogP contribution in [-0.2, 0) is 14.2 Å². The van der Waals surface area contributed by atoms with Crippen molar-refractivity contribution in [2.45, 2.75) is 5.60 Å². The fourth-order valence-electron chi connectivity index (χ4n) is 2.96. The van der Waals surface area contributed by atoms with E-state index in [2.05, 4.69) is 0 Å². The molecule has 0 unspecified atom stereocenters. The molecular formula is C22H24N2O11. The average molecular weight is 492 g/mol. The van der Waals surface area contributed by atoms with Gasteiger partial charge in [0, 0.05) is 35.4 Å². The number of nitrogens with zero attached hydrogens (tertiary/aromatic N) is 2.